The molecule has 2 amide bonds. The van der Waals surface area contributed by atoms with Crippen LogP contribution in [0.2, 0.25) is 5.02 Å². The summed E-state index contributed by atoms with van der Waals surface area (Å²) in [5, 5.41) is 4.55. The molecule has 0 bridgehead atoms. The Kier molecular flexibility index (Phi) is 4.12. The largest absolute Gasteiger partial charge is 0.350 e. The predicted molar refractivity (Wildman–Crippen MR) is 61.0 cm³/mol. The van der Waals surface area contributed by atoms with Crippen molar-refractivity contribution in [3.8, 4) is 0 Å². The van der Waals surface area contributed by atoms with Gasteiger partial charge in [-0.15, -0.1) is 0 Å². The van der Waals surface area contributed by atoms with Gasteiger partial charge in [0.1, 0.15) is 0 Å². The summed E-state index contributed by atoms with van der Waals surface area (Å²) in [6.45, 7) is 1.94. The van der Waals surface area contributed by atoms with Crippen molar-refractivity contribution in [3.05, 3.63) is 34.9 Å². The molecular weight excluding hydrogens is 214 g/mol. The van der Waals surface area contributed by atoms with Crippen LogP contribution in [-0.2, 0) is 0 Å². The number of primary amides is 1. The number of benzene rings is 1. The van der Waals surface area contributed by atoms with E-state index in [1.165, 1.54) is 0 Å². The summed E-state index contributed by atoms with van der Waals surface area (Å²) in [5.41, 5.74) is 8.79. The van der Waals surface area contributed by atoms with Crippen molar-refractivity contribution in [2.75, 3.05) is 0 Å². The van der Waals surface area contributed by atoms with Crippen LogP contribution in [0.15, 0.2) is 29.4 Å². The van der Waals surface area contributed by atoms with Crippen molar-refractivity contribution < 1.29 is 4.79 Å². The number of carbonyl (C=O) groups excluding carboxylic acids is 1. The lowest BCUT2D eigenvalue weighted by Crippen LogP contribution is -2.25. The Morgan fingerprint density at radius 2 is 2.07 bits per heavy atom. The van der Waals surface area contributed by atoms with E-state index in [1.54, 1.807) is 12.1 Å². The normalized spacial score (nSPS) is 11.2. The molecule has 4 nitrogen and oxygen atoms in total. The molecule has 1 aromatic carbocycles. The van der Waals surface area contributed by atoms with E-state index < -0.39 is 6.03 Å². The molecule has 80 valence electrons. The van der Waals surface area contributed by atoms with Gasteiger partial charge in [0.05, 0.1) is 5.71 Å². The minimum absolute atomic E-state index is 0.664. The number of hydrogen-bond acceptors (Lipinski definition) is 2. The summed E-state index contributed by atoms with van der Waals surface area (Å²) < 4.78 is 0. The minimum atomic E-state index is -0.671. The molecule has 0 saturated heterocycles. The topological polar surface area (TPSA) is 67.5 Å². The highest BCUT2D eigenvalue weighted by atomic mass is 35.5. The Labute approximate surface area is 93.1 Å². The van der Waals surface area contributed by atoms with Crippen molar-refractivity contribution in [1.82, 2.24) is 5.43 Å². The number of rotatable bonds is 3. The number of hydrazone groups is 1. The highest BCUT2D eigenvalue weighted by molar-refractivity contribution is 6.30. The van der Waals surface area contributed by atoms with Crippen LogP contribution in [-0.4, -0.2) is 11.7 Å². The molecule has 1 rings (SSSR count). The summed E-state index contributed by atoms with van der Waals surface area (Å²) in [7, 11) is 0. The molecule has 0 aromatic heterocycles. The van der Waals surface area contributed by atoms with Gasteiger partial charge in [-0.3, -0.25) is 0 Å². The van der Waals surface area contributed by atoms with Gasteiger partial charge in [-0.1, -0.05) is 30.7 Å². The standard InChI is InChI=1S/C10H12ClN3O/c1-2-9(13-14-10(12)15)7-3-5-8(11)6-4-7/h3-6H,2H2,1H3,(H3,12,14,15). The molecule has 15 heavy (non-hydrogen) atoms. The second-order valence-corrected chi connectivity index (χ2v) is 3.33. The van der Waals surface area contributed by atoms with Crippen molar-refractivity contribution >= 4 is 23.3 Å². The molecule has 0 aliphatic carbocycles. The highest BCUT2D eigenvalue weighted by Gasteiger charge is 2.01. The predicted octanol–water partition coefficient (Wildman–Crippen LogP) is 2.12. The Morgan fingerprint density at radius 1 is 1.47 bits per heavy atom. The van der Waals surface area contributed by atoms with Crippen LogP contribution in [0.3, 0.4) is 0 Å². The third-order valence-electron chi connectivity index (χ3n) is 1.81. The van der Waals surface area contributed by atoms with E-state index in [2.05, 4.69) is 10.5 Å². The first-order chi connectivity index (χ1) is 7.13. The smallest absolute Gasteiger partial charge is 0.332 e. The summed E-state index contributed by atoms with van der Waals surface area (Å²) in [4.78, 5) is 10.5. The number of nitrogens with zero attached hydrogens (tertiary/aromatic N) is 1. The second-order valence-electron chi connectivity index (χ2n) is 2.89. The maximum Gasteiger partial charge on any atom is 0.332 e. The molecule has 0 aliphatic heterocycles. The molecule has 0 unspecified atom stereocenters. The van der Waals surface area contributed by atoms with Crippen molar-refractivity contribution in [3.63, 3.8) is 0 Å². The number of nitrogens with one attached hydrogen (secondary N) is 1. The fourth-order valence-electron chi connectivity index (χ4n) is 1.11. The first kappa shape index (κ1) is 11.5. The Hall–Kier alpha value is -1.55. The van der Waals surface area contributed by atoms with Gasteiger partial charge in [0.2, 0.25) is 0 Å². The number of nitrogens with two attached hydrogens (primary N) is 1. The minimum Gasteiger partial charge on any atom is -0.350 e. The Balaban J connectivity index is 2.87. The molecule has 0 spiro atoms. The van der Waals surface area contributed by atoms with E-state index in [-0.39, 0.29) is 0 Å². The summed E-state index contributed by atoms with van der Waals surface area (Å²) in [5.74, 6) is 0. The summed E-state index contributed by atoms with van der Waals surface area (Å²) in [6.07, 6.45) is 0.696. The highest BCUT2D eigenvalue weighted by Crippen LogP contribution is 2.11. The third-order valence-corrected chi connectivity index (χ3v) is 2.07. The van der Waals surface area contributed by atoms with Gasteiger partial charge >= 0.3 is 6.03 Å². The third kappa shape index (κ3) is 3.59. The average Bonchev–Trinajstić information content (AvgIpc) is 2.21. The lowest BCUT2D eigenvalue weighted by atomic mass is 10.1. The first-order valence-corrected chi connectivity index (χ1v) is 4.89. The van der Waals surface area contributed by atoms with E-state index in [0.29, 0.717) is 11.4 Å². The summed E-state index contributed by atoms with van der Waals surface area (Å²) >= 11 is 5.76. The van der Waals surface area contributed by atoms with Gasteiger partial charge in [0, 0.05) is 5.02 Å². The van der Waals surface area contributed by atoms with Gasteiger partial charge in [0.25, 0.3) is 0 Å². The molecule has 3 N–H and O–H groups in total. The van der Waals surface area contributed by atoms with Gasteiger partial charge < -0.3 is 5.73 Å². The quantitative estimate of drug-likeness (QED) is 0.601. The molecule has 0 saturated carbocycles. The molecule has 0 atom stereocenters. The van der Waals surface area contributed by atoms with Crippen molar-refractivity contribution in [1.29, 1.82) is 0 Å². The van der Waals surface area contributed by atoms with Gasteiger partial charge in [-0.05, 0) is 24.1 Å². The van der Waals surface area contributed by atoms with E-state index in [4.69, 9.17) is 17.3 Å². The van der Waals surface area contributed by atoms with Crippen LogP contribution in [0.5, 0.6) is 0 Å². The van der Waals surface area contributed by atoms with E-state index in [0.717, 1.165) is 11.3 Å². The molecule has 1 aromatic rings. The molecule has 0 heterocycles. The van der Waals surface area contributed by atoms with Gasteiger partial charge in [-0.2, -0.15) is 5.10 Å². The Bertz CT molecular complexity index is 373. The zero-order chi connectivity index (χ0) is 11.3. The average molecular weight is 226 g/mol. The van der Waals surface area contributed by atoms with E-state index in [9.17, 15) is 4.79 Å². The van der Waals surface area contributed by atoms with Crippen molar-refractivity contribution in [2.45, 2.75) is 13.3 Å². The molecular formula is C10H12ClN3O. The second kappa shape index (κ2) is 5.36. The molecule has 0 fully saturated rings. The maximum absolute atomic E-state index is 10.5. The monoisotopic (exact) mass is 225 g/mol. The summed E-state index contributed by atoms with van der Waals surface area (Å²) in [6, 6.07) is 6.55. The number of halogens is 1. The van der Waals surface area contributed by atoms with Crippen molar-refractivity contribution in [2.24, 2.45) is 10.8 Å². The number of hydrogen-bond donors (Lipinski definition) is 2. The number of amides is 2. The zero-order valence-corrected chi connectivity index (χ0v) is 9.08. The maximum atomic E-state index is 10.5. The zero-order valence-electron chi connectivity index (χ0n) is 8.33. The molecule has 0 radical (unpaired) electrons. The SMILES string of the molecule is CCC(=NNC(N)=O)c1ccc(Cl)cc1. The van der Waals surface area contributed by atoms with Gasteiger partial charge in [-0.25, -0.2) is 10.2 Å². The Morgan fingerprint density at radius 3 is 2.53 bits per heavy atom. The fourth-order valence-corrected chi connectivity index (χ4v) is 1.24. The first-order valence-electron chi connectivity index (χ1n) is 4.51. The number of carbonyl (C=O) groups is 1. The number of urea groups is 1. The van der Waals surface area contributed by atoms with Crippen LogP contribution in [0, 0.1) is 0 Å². The van der Waals surface area contributed by atoms with Crippen LogP contribution in [0.1, 0.15) is 18.9 Å². The van der Waals surface area contributed by atoms with Crippen LogP contribution in [0.4, 0.5) is 4.79 Å². The lowest BCUT2D eigenvalue weighted by molar-refractivity contribution is 0.249. The lowest BCUT2D eigenvalue weighted by Gasteiger charge is -2.03. The fraction of sp³-hybridized carbons (Fsp3) is 0.200. The molecule has 5 heteroatoms. The van der Waals surface area contributed by atoms with Crippen LogP contribution in [0.25, 0.3) is 0 Å². The van der Waals surface area contributed by atoms with Gasteiger partial charge in [0.15, 0.2) is 0 Å². The van der Waals surface area contributed by atoms with Crippen LogP contribution >= 0.6 is 11.6 Å². The van der Waals surface area contributed by atoms with E-state index in [1.807, 2.05) is 19.1 Å². The van der Waals surface area contributed by atoms with E-state index >= 15 is 0 Å². The molecule has 0 aliphatic rings. The van der Waals surface area contributed by atoms with Crippen LogP contribution < -0.4 is 11.2 Å².